The van der Waals surface area contributed by atoms with Gasteiger partial charge >= 0.3 is 0 Å². The molecular weight excluding hydrogens is 264 g/mol. The van der Waals surface area contributed by atoms with Gasteiger partial charge in [0.05, 0.1) is 11.2 Å². The van der Waals surface area contributed by atoms with Gasteiger partial charge in [0.15, 0.2) is 0 Å². The molecule has 0 radical (unpaired) electrons. The number of aliphatic hydroxyl groups is 2. The Labute approximate surface area is 127 Å². The van der Waals surface area contributed by atoms with E-state index in [1.165, 1.54) is 0 Å². The first-order chi connectivity index (χ1) is 9.53. The van der Waals surface area contributed by atoms with Gasteiger partial charge in [-0.1, -0.05) is 26.8 Å². The van der Waals surface area contributed by atoms with Gasteiger partial charge in [-0.05, 0) is 38.2 Å². The lowest BCUT2D eigenvalue weighted by atomic mass is 9.71. The number of anilines is 1. The van der Waals surface area contributed by atoms with Gasteiger partial charge in [0.2, 0.25) is 0 Å². The number of rotatable bonds is 2. The third-order valence-corrected chi connectivity index (χ3v) is 4.76. The topological polar surface area (TPSA) is 56.6 Å². The lowest BCUT2D eigenvalue weighted by Crippen LogP contribution is -2.52. The van der Waals surface area contributed by atoms with Crippen molar-refractivity contribution in [1.82, 2.24) is 4.98 Å². The third kappa shape index (κ3) is 3.38. The Morgan fingerprint density at radius 2 is 1.67 bits per heavy atom. The van der Waals surface area contributed by atoms with Crippen LogP contribution < -0.4 is 4.90 Å². The molecule has 2 heterocycles. The van der Waals surface area contributed by atoms with Gasteiger partial charge in [-0.2, -0.15) is 0 Å². The summed E-state index contributed by atoms with van der Waals surface area (Å²) in [4.78, 5) is 6.67. The highest BCUT2D eigenvalue weighted by Crippen LogP contribution is 2.39. The molecule has 1 saturated heterocycles. The Balaban J connectivity index is 2.06. The quantitative estimate of drug-likeness (QED) is 0.880. The van der Waals surface area contributed by atoms with E-state index in [-0.39, 0.29) is 5.41 Å². The summed E-state index contributed by atoms with van der Waals surface area (Å²) in [5.41, 5.74) is -0.747. The van der Waals surface area contributed by atoms with E-state index in [1.807, 2.05) is 12.1 Å². The van der Waals surface area contributed by atoms with Crippen molar-refractivity contribution in [3.05, 3.63) is 23.9 Å². The molecule has 1 aliphatic heterocycles. The molecule has 0 saturated carbocycles. The Kier molecular flexibility index (Phi) is 4.06. The summed E-state index contributed by atoms with van der Waals surface area (Å²) in [6.45, 7) is 11.4. The van der Waals surface area contributed by atoms with E-state index in [0.717, 1.165) is 37.3 Å². The fourth-order valence-corrected chi connectivity index (χ4v) is 2.79. The third-order valence-electron chi connectivity index (χ3n) is 4.76. The summed E-state index contributed by atoms with van der Waals surface area (Å²) in [5, 5.41) is 20.7. The Morgan fingerprint density at radius 1 is 1.10 bits per heavy atom. The van der Waals surface area contributed by atoms with Crippen molar-refractivity contribution in [2.24, 2.45) is 5.41 Å². The van der Waals surface area contributed by atoms with Crippen molar-refractivity contribution in [2.45, 2.75) is 58.7 Å². The molecule has 2 N–H and O–H groups in total. The Hall–Kier alpha value is -1.13. The van der Waals surface area contributed by atoms with E-state index >= 15 is 0 Å². The van der Waals surface area contributed by atoms with E-state index in [2.05, 4.69) is 30.7 Å². The zero-order valence-corrected chi connectivity index (χ0v) is 13.8. The highest BCUT2D eigenvalue weighted by Gasteiger charge is 2.42. The number of hydrogen-bond donors (Lipinski definition) is 2. The number of pyridine rings is 1. The standard InChI is InChI=1S/C17H28N2O2/c1-15(2,3)17(21)8-10-19(11-9-17)14-7-6-13(12-18-14)16(4,5)20/h6-7,12,20-21H,8-11H2,1-5H3. The number of aromatic nitrogens is 1. The van der Waals surface area contributed by atoms with Crippen LogP contribution in [-0.2, 0) is 5.60 Å². The Morgan fingerprint density at radius 3 is 2.05 bits per heavy atom. The molecule has 0 unspecified atom stereocenters. The first-order valence-electron chi connectivity index (χ1n) is 7.69. The van der Waals surface area contributed by atoms with Crippen LogP contribution in [0, 0.1) is 5.41 Å². The van der Waals surface area contributed by atoms with Crippen LogP contribution in [0.25, 0.3) is 0 Å². The van der Waals surface area contributed by atoms with Crippen molar-refractivity contribution >= 4 is 5.82 Å². The number of nitrogens with zero attached hydrogens (tertiary/aromatic N) is 2. The van der Waals surface area contributed by atoms with Gasteiger partial charge in [0.1, 0.15) is 5.82 Å². The van der Waals surface area contributed by atoms with Crippen molar-refractivity contribution in [3.8, 4) is 0 Å². The summed E-state index contributed by atoms with van der Waals surface area (Å²) in [6.07, 6.45) is 3.25. The fraction of sp³-hybridized carbons (Fsp3) is 0.706. The van der Waals surface area contributed by atoms with Crippen LogP contribution in [0.3, 0.4) is 0 Å². The van der Waals surface area contributed by atoms with Crippen LogP contribution in [0.1, 0.15) is 53.0 Å². The van der Waals surface area contributed by atoms with Crippen LogP contribution in [0.2, 0.25) is 0 Å². The van der Waals surface area contributed by atoms with Crippen molar-refractivity contribution in [3.63, 3.8) is 0 Å². The molecule has 4 nitrogen and oxygen atoms in total. The van der Waals surface area contributed by atoms with Crippen LogP contribution in [0.15, 0.2) is 18.3 Å². The maximum Gasteiger partial charge on any atom is 0.128 e. The van der Waals surface area contributed by atoms with Gasteiger partial charge in [-0.15, -0.1) is 0 Å². The summed E-state index contributed by atoms with van der Waals surface area (Å²) in [6, 6.07) is 3.88. The smallest absolute Gasteiger partial charge is 0.128 e. The van der Waals surface area contributed by atoms with Crippen LogP contribution >= 0.6 is 0 Å². The van der Waals surface area contributed by atoms with E-state index in [1.54, 1.807) is 20.0 Å². The molecule has 0 aliphatic carbocycles. The highest BCUT2D eigenvalue weighted by atomic mass is 16.3. The maximum atomic E-state index is 10.7. The van der Waals surface area contributed by atoms with Gasteiger partial charge < -0.3 is 15.1 Å². The summed E-state index contributed by atoms with van der Waals surface area (Å²) >= 11 is 0. The second-order valence-electron chi connectivity index (χ2n) is 7.73. The largest absolute Gasteiger partial charge is 0.389 e. The molecule has 0 bridgehead atoms. The van der Waals surface area contributed by atoms with E-state index < -0.39 is 11.2 Å². The predicted octanol–water partition coefficient (Wildman–Crippen LogP) is 2.69. The molecule has 21 heavy (non-hydrogen) atoms. The molecular formula is C17H28N2O2. The monoisotopic (exact) mass is 292 g/mol. The molecule has 0 spiro atoms. The first-order valence-corrected chi connectivity index (χ1v) is 7.69. The average Bonchev–Trinajstić information content (AvgIpc) is 2.37. The predicted molar refractivity (Wildman–Crippen MR) is 85.3 cm³/mol. The van der Waals surface area contributed by atoms with Gasteiger partial charge in [0, 0.05) is 24.8 Å². The molecule has 118 valence electrons. The minimum atomic E-state index is -0.861. The van der Waals surface area contributed by atoms with Gasteiger partial charge in [-0.3, -0.25) is 0 Å². The average molecular weight is 292 g/mol. The molecule has 1 aromatic rings. The summed E-state index contributed by atoms with van der Waals surface area (Å²) in [5.74, 6) is 0.916. The van der Waals surface area contributed by atoms with Gasteiger partial charge in [-0.25, -0.2) is 4.98 Å². The van der Waals surface area contributed by atoms with E-state index in [0.29, 0.717) is 0 Å². The normalized spacial score (nSPS) is 19.7. The SMILES string of the molecule is CC(C)(O)c1ccc(N2CCC(O)(C(C)(C)C)CC2)nc1. The second-order valence-corrected chi connectivity index (χ2v) is 7.73. The number of piperidine rings is 1. The van der Waals surface area contributed by atoms with E-state index in [4.69, 9.17) is 0 Å². The highest BCUT2D eigenvalue weighted by molar-refractivity contribution is 5.41. The molecule has 1 aromatic heterocycles. The maximum absolute atomic E-state index is 10.7. The molecule has 1 aliphatic rings. The molecule has 2 rings (SSSR count). The summed E-state index contributed by atoms with van der Waals surface area (Å²) < 4.78 is 0. The zero-order valence-electron chi connectivity index (χ0n) is 13.8. The molecule has 4 heteroatoms. The van der Waals surface area contributed by atoms with Crippen molar-refractivity contribution in [2.75, 3.05) is 18.0 Å². The fourth-order valence-electron chi connectivity index (χ4n) is 2.79. The Bertz CT molecular complexity index is 475. The van der Waals surface area contributed by atoms with Gasteiger partial charge in [0.25, 0.3) is 0 Å². The van der Waals surface area contributed by atoms with Crippen LogP contribution in [0.4, 0.5) is 5.82 Å². The minimum Gasteiger partial charge on any atom is -0.389 e. The number of hydrogen-bond acceptors (Lipinski definition) is 4. The van der Waals surface area contributed by atoms with E-state index in [9.17, 15) is 10.2 Å². The van der Waals surface area contributed by atoms with Crippen LogP contribution in [0.5, 0.6) is 0 Å². The van der Waals surface area contributed by atoms with Crippen LogP contribution in [-0.4, -0.2) is 33.9 Å². The zero-order chi connectivity index (χ0) is 15.9. The summed E-state index contributed by atoms with van der Waals surface area (Å²) in [7, 11) is 0. The molecule has 0 aromatic carbocycles. The molecule has 0 atom stereocenters. The lowest BCUT2D eigenvalue weighted by Gasteiger charge is -2.46. The molecule has 1 fully saturated rings. The second kappa shape index (κ2) is 5.25. The minimum absolute atomic E-state index is 0.0999. The van der Waals surface area contributed by atoms with Crippen molar-refractivity contribution < 1.29 is 10.2 Å². The molecule has 0 amide bonds. The lowest BCUT2D eigenvalue weighted by molar-refractivity contribution is -0.0754. The van der Waals surface area contributed by atoms with Crippen molar-refractivity contribution in [1.29, 1.82) is 0 Å². The first kappa shape index (κ1) is 16.2.